The van der Waals surface area contributed by atoms with Gasteiger partial charge in [0.1, 0.15) is 0 Å². The molecular weight excluding hydrogens is 184 g/mol. The summed E-state index contributed by atoms with van der Waals surface area (Å²) >= 11 is 5.96. The normalized spacial score (nSPS) is 10.2. The summed E-state index contributed by atoms with van der Waals surface area (Å²) in [5.41, 5.74) is 2.56. The van der Waals surface area contributed by atoms with Crippen LogP contribution in [0.3, 0.4) is 0 Å². The highest BCUT2D eigenvalue weighted by atomic mass is 35.5. The molecule has 1 N–H and O–H groups in total. The van der Waals surface area contributed by atoms with Gasteiger partial charge in [-0.05, 0) is 24.6 Å². The van der Waals surface area contributed by atoms with Gasteiger partial charge in [-0.1, -0.05) is 11.6 Å². The summed E-state index contributed by atoms with van der Waals surface area (Å²) in [6.45, 7) is 1.95. The molecule has 0 atom stereocenters. The van der Waals surface area contributed by atoms with Gasteiger partial charge in [0, 0.05) is 11.6 Å². The first-order valence-corrected chi connectivity index (χ1v) is 4.28. The summed E-state index contributed by atoms with van der Waals surface area (Å²) in [6.07, 6.45) is 1.86. The van der Waals surface area contributed by atoms with E-state index in [1.54, 1.807) is 12.1 Å². The lowest BCUT2D eigenvalue weighted by Crippen LogP contribution is -1.78. The highest BCUT2D eigenvalue weighted by molar-refractivity contribution is 6.35. The van der Waals surface area contributed by atoms with Gasteiger partial charge in [-0.2, -0.15) is 5.26 Å². The third-order valence-corrected chi connectivity index (χ3v) is 2.42. The van der Waals surface area contributed by atoms with Gasteiger partial charge in [-0.15, -0.1) is 0 Å². The van der Waals surface area contributed by atoms with Crippen molar-refractivity contribution in [2.45, 2.75) is 6.92 Å². The maximum absolute atomic E-state index is 8.86. The number of aromatic amines is 1. The second-order valence-electron chi connectivity index (χ2n) is 2.93. The molecule has 0 spiro atoms. The van der Waals surface area contributed by atoms with Gasteiger partial charge in [0.2, 0.25) is 0 Å². The van der Waals surface area contributed by atoms with Crippen LogP contribution < -0.4 is 0 Å². The molecule has 2 nitrogen and oxygen atoms in total. The first-order chi connectivity index (χ1) is 6.24. The van der Waals surface area contributed by atoms with E-state index in [-0.39, 0.29) is 0 Å². The lowest BCUT2D eigenvalue weighted by Gasteiger charge is -1.96. The fourth-order valence-electron chi connectivity index (χ4n) is 1.47. The van der Waals surface area contributed by atoms with Crippen LogP contribution in [-0.4, -0.2) is 4.98 Å². The van der Waals surface area contributed by atoms with Crippen LogP contribution in [0.25, 0.3) is 10.9 Å². The Bertz CT molecular complexity index is 505. The van der Waals surface area contributed by atoms with Crippen molar-refractivity contribution in [3.8, 4) is 6.07 Å². The number of halogens is 1. The molecule has 0 saturated heterocycles. The summed E-state index contributed by atoms with van der Waals surface area (Å²) in [7, 11) is 0. The Morgan fingerprint density at radius 2 is 2.23 bits per heavy atom. The van der Waals surface area contributed by atoms with Crippen molar-refractivity contribution in [1.82, 2.24) is 4.98 Å². The zero-order valence-electron chi connectivity index (χ0n) is 7.06. The van der Waals surface area contributed by atoms with Crippen molar-refractivity contribution in [3.05, 3.63) is 34.5 Å². The van der Waals surface area contributed by atoms with Gasteiger partial charge in [0.05, 0.1) is 22.2 Å². The predicted molar refractivity (Wildman–Crippen MR) is 52.8 cm³/mol. The average molecular weight is 191 g/mol. The van der Waals surface area contributed by atoms with Crippen LogP contribution in [0.5, 0.6) is 0 Å². The van der Waals surface area contributed by atoms with Crippen molar-refractivity contribution in [2.75, 3.05) is 0 Å². The molecule has 0 amide bonds. The Labute approximate surface area is 80.7 Å². The van der Waals surface area contributed by atoms with Crippen molar-refractivity contribution < 1.29 is 0 Å². The highest BCUT2D eigenvalue weighted by Crippen LogP contribution is 2.27. The molecule has 0 radical (unpaired) electrons. The lowest BCUT2D eigenvalue weighted by molar-refractivity contribution is 1.43. The molecule has 13 heavy (non-hydrogen) atoms. The maximum Gasteiger partial charge on any atom is 0.0998 e. The second-order valence-corrected chi connectivity index (χ2v) is 3.34. The minimum Gasteiger partial charge on any atom is -0.360 e. The number of fused-ring (bicyclic) bond motifs is 1. The zero-order valence-corrected chi connectivity index (χ0v) is 7.81. The SMILES string of the molecule is Cc1c[nH]c2c(Cl)ccc(C#N)c12. The van der Waals surface area contributed by atoms with E-state index in [9.17, 15) is 0 Å². The van der Waals surface area contributed by atoms with Crippen molar-refractivity contribution in [1.29, 1.82) is 5.26 Å². The number of hydrogen-bond donors (Lipinski definition) is 1. The second kappa shape index (κ2) is 2.79. The topological polar surface area (TPSA) is 39.6 Å². The summed E-state index contributed by atoms with van der Waals surface area (Å²) in [6, 6.07) is 5.62. The number of rotatable bonds is 0. The van der Waals surface area contributed by atoms with E-state index in [0.29, 0.717) is 10.6 Å². The standard InChI is InChI=1S/C10H7ClN2/c1-6-5-13-10-8(11)3-2-7(4-12)9(6)10/h2-3,5,13H,1H3. The predicted octanol–water partition coefficient (Wildman–Crippen LogP) is 3.00. The Balaban J connectivity index is 2.99. The molecule has 2 rings (SSSR count). The van der Waals surface area contributed by atoms with E-state index in [1.165, 1.54) is 0 Å². The van der Waals surface area contributed by atoms with Crippen molar-refractivity contribution in [3.63, 3.8) is 0 Å². The summed E-state index contributed by atoms with van der Waals surface area (Å²) < 4.78 is 0. The molecule has 2 aromatic rings. The fourth-order valence-corrected chi connectivity index (χ4v) is 1.69. The van der Waals surface area contributed by atoms with Gasteiger partial charge >= 0.3 is 0 Å². The largest absolute Gasteiger partial charge is 0.360 e. The van der Waals surface area contributed by atoms with Gasteiger partial charge in [-0.25, -0.2) is 0 Å². The minimum absolute atomic E-state index is 0.655. The van der Waals surface area contributed by atoms with Crippen LogP contribution >= 0.6 is 11.6 Å². The van der Waals surface area contributed by atoms with Gasteiger partial charge in [-0.3, -0.25) is 0 Å². The van der Waals surface area contributed by atoms with E-state index in [2.05, 4.69) is 11.1 Å². The van der Waals surface area contributed by atoms with Crippen LogP contribution in [0.2, 0.25) is 5.02 Å². The van der Waals surface area contributed by atoms with E-state index in [0.717, 1.165) is 16.5 Å². The quantitative estimate of drug-likeness (QED) is 0.682. The number of nitrogens with one attached hydrogen (secondary N) is 1. The molecule has 0 aliphatic heterocycles. The fraction of sp³-hybridized carbons (Fsp3) is 0.100. The number of aryl methyl sites for hydroxylation is 1. The smallest absolute Gasteiger partial charge is 0.0998 e. The van der Waals surface area contributed by atoms with E-state index < -0.39 is 0 Å². The zero-order chi connectivity index (χ0) is 9.42. The van der Waals surface area contributed by atoms with Crippen LogP contribution in [0, 0.1) is 18.3 Å². The van der Waals surface area contributed by atoms with Gasteiger partial charge in [0.15, 0.2) is 0 Å². The Hall–Kier alpha value is -1.46. The molecule has 1 aromatic carbocycles. The molecular formula is C10H7ClN2. The number of nitrogens with zero attached hydrogens (tertiary/aromatic N) is 1. The van der Waals surface area contributed by atoms with E-state index in [4.69, 9.17) is 16.9 Å². The third-order valence-electron chi connectivity index (χ3n) is 2.10. The Morgan fingerprint density at radius 1 is 1.46 bits per heavy atom. The number of benzene rings is 1. The molecule has 0 unspecified atom stereocenters. The Kier molecular flexibility index (Phi) is 1.75. The molecule has 64 valence electrons. The van der Waals surface area contributed by atoms with Gasteiger partial charge < -0.3 is 4.98 Å². The first-order valence-electron chi connectivity index (χ1n) is 3.90. The molecule has 0 bridgehead atoms. The number of hydrogen-bond acceptors (Lipinski definition) is 1. The first kappa shape index (κ1) is 8.15. The molecule has 0 aliphatic carbocycles. The van der Waals surface area contributed by atoms with Crippen LogP contribution in [0.4, 0.5) is 0 Å². The Morgan fingerprint density at radius 3 is 2.92 bits per heavy atom. The minimum atomic E-state index is 0.655. The molecule has 1 aromatic heterocycles. The van der Waals surface area contributed by atoms with Crippen LogP contribution in [-0.2, 0) is 0 Å². The summed E-state index contributed by atoms with van der Waals surface area (Å²) in [4.78, 5) is 3.05. The van der Waals surface area contributed by atoms with E-state index in [1.807, 2.05) is 13.1 Å². The van der Waals surface area contributed by atoms with Crippen LogP contribution in [0.1, 0.15) is 11.1 Å². The molecule has 1 heterocycles. The number of nitriles is 1. The highest BCUT2D eigenvalue weighted by Gasteiger charge is 2.07. The van der Waals surface area contributed by atoms with Gasteiger partial charge in [0.25, 0.3) is 0 Å². The number of H-pyrrole nitrogens is 1. The summed E-state index contributed by atoms with van der Waals surface area (Å²) in [5.74, 6) is 0. The van der Waals surface area contributed by atoms with E-state index >= 15 is 0 Å². The monoisotopic (exact) mass is 190 g/mol. The summed E-state index contributed by atoms with van der Waals surface area (Å²) in [5, 5.41) is 10.4. The van der Waals surface area contributed by atoms with Crippen LogP contribution in [0.15, 0.2) is 18.3 Å². The third kappa shape index (κ3) is 1.09. The molecule has 3 heteroatoms. The lowest BCUT2D eigenvalue weighted by atomic mass is 10.1. The number of aromatic nitrogens is 1. The average Bonchev–Trinajstić information content (AvgIpc) is 2.51. The molecule has 0 fully saturated rings. The maximum atomic E-state index is 8.86. The molecule has 0 aliphatic rings. The molecule has 0 saturated carbocycles. The van der Waals surface area contributed by atoms with Crippen molar-refractivity contribution in [2.24, 2.45) is 0 Å². The van der Waals surface area contributed by atoms with Crippen molar-refractivity contribution >= 4 is 22.5 Å².